The molecule has 0 amide bonds. The van der Waals surface area contributed by atoms with Crippen molar-refractivity contribution in [1.82, 2.24) is 4.98 Å². The van der Waals surface area contributed by atoms with Gasteiger partial charge in [0.15, 0.2) is 0 Å². The van der Waals surface area contributed by atoms with Crippen LogP contribution in [0.3, 0.4) is 0 Å². The minimum absolute atomic E-state index is 0.965. The topological polar surface area (TPSA) is 24.9 Å². The lowest BCUT2D eigenvalue weighted by Crippen LogP contribution is -2.03. The molecule has 4 heteroatoms. The number of benzene rings is 1. The lowest BCUT2D eigenvalue weighted by Gasteiger charge is -2.05. The molecule has 1 N–H and O–H groups in total. The number of aryl methyl sites for hydroxylation is 2. The maximum atomic E-state index is 4.42. The van der Waals surface area contributed by atoms with Crippen LogP contribution in [0.5, 0.6) is 0 Å². The van der Waals surface area contributed by atoms with Crippen molar-refractivity contribution in [2.24, 2.45) is 0 Å². The second kappa shape index (κ2) is 6.07. The van der Waals surface area contributed by atoms with Gasteiger partial charge in [-0.05, 0) is 31.5 Å². The fourth-order valence-electron chi connectivity index (χ4n) is 1.49. The SMILES string of the molecule is Cc1cccc(NCCSc2nc(C)cs2)c1. The fraction of sp³-hybridized carbons (Fsp3) is 0.308. The van der Waals surface area contributed by atoms with E-state index in [2.05, 4.69) is 46.9 Å². The Morgan fingerprint density at radius 2 is 2.24 bits per heavy atom. The number of hydrogen-bond donors (Lipinski definition) is 1. The predicted octanol–water partition coefficient (Wildman–Crippen LogP) is 3.96. The zero-order valence-corrected chi connectivity index (χ0v) is 11.7. The van der Waals surface area contributed by atoms with Crippen LogP contribution >= 0.6 is 23.1 Å². The number of rotatable bonds is 5. The van der Waals surface area contributed by atoms with Crippen molar-refractivity contribution in [1.29, 1.82) is 0 Å². The highest BCUT2D eigenvalue weighted by Crippen LogP contribution is 2.22. The van der Waals surface area contributed by atoms with E-state index in [1.807, 2.05) is 18.7 Å². The Hall–Kier alpha value is -1.00. The zero-order valence-electron chi connectivity index (χ0n) is 10.1. The van der Waals surface area contributed by atoms with Gasteiger partial charge < -0.3 is 5.32 Å². The van der Waals surface area contributed by atoms with Crippen molar-refractivity contribution in [3.8, 4) is 0 Å². The van der Waals surface area contributed by atoms with Gasteiger partial charge >= 0.3 is 0 Å². The van der Waals surface area contributed by atoms with Gasteiger partial charge in [-0.15, -0.1) is 11.3 Å². The monoisotopic (exact) mass is 264 g/mol. The highest BCUT2D eigenvalue weighted by atomic mass is 32.2. The molecule has 1 aromatic heterocycles. The molecular weight excluding hydrogens is 248 g/mol. The molecule has 0 aliphatic carbocycles. The standard InChI is InChI=1S/C13H16N2S2/c1-10-4-3-5-12(8-10)14-6-7-16-13-15-11(2)9-17-13/h3-5,8-9,14H,6-7H2,1-2H3. The summed E-state index contributed by atoms with van der Waals surface area (Å²) in [7, 11) is 0. The third-order valence-electron chi connectivity index (χ3n) is 2.27. The first-order valence-corrected chi connectivity index (χ1v) is 7.46. The first-order valence-electron chi connectivity index (χ1n) is 5.59. The van der Waals surface area contributed by atoms with Crippen LogP contribution in [-0.2, 0) is 0 Å². The molecule has 2 rings (SSSR count). The molecule has 0 aliphatic heterocycles. The average Bonchev–Trinajstić information content (AvgIpc) is 2.71. The molecule has 0 aliphatic rings. The van der Waals surface area contributed by atoms with E-state index in [0.717, 1.165) is 22.3 Å². The van der Waals surface area contributed by atoms with Crippen molar-refractivity contribution in [3.05, 3.63) is 40.9 Å². The van der Waals surface area contributed by atoms with E-state index in [1.54, 1.807) is 11.3 Å². The lowest BCUT2D eigenvalue weighted by atomic mass is 10.2. The summed E-state index contributed by atoms with van der Waals surface area (Å²) >= 11 is 3.53. The third kappa shape index (κ3) is 4.06. The summed E-state index contributed by atoms with van der Waals surface area (Å²) in [5, 5.41) is 5.51. The molecule has 1 aromatic carbocycles. The van der Waals surface area contributed by atoms with Gasteiger partial charge in [0.1, 0.15) is 4.34 Å². The van der Waals surface area contributed by atoms with Crippen LogP contribution in [-0.4, -0.2) is 17.3 Å². The molecule has 0 unspecified atom stereocenters. The van der Waals surface area contributed by atoms with Gasteiger partial charge in [-0.2, -0.15) is 0 Å². The summed E-state index contributed by atoms with van der Waals surface area (Å²) in [6, 6.07) is 8.46. The van der Waals surface area contributed by atoms with E-state index in [1.165, 1.54) is 11.3 Å². The Balaban J connectivity index is 1.73. The zero-order chi connectivity index (χ0) is 12.1. The van der Waals surface area contributed by atoms with Crippen LogP contribution in [0.4, 0.5) is 5.69 Å². The number of anilines is 1. The predicted molar refractivity (Wildman–Crippen MR) is 77.2 cm³/mol. The van der Waals surface area contributed by atoms with Crippen molar-refractivity contribution in [2.45, 2.75) is 18.2 Å². The van der Waals surface area contributed by atoms with Crippen LogP contribution in [0.2, 0.25) is 0 Å². The van der Waals surface area contributed by atoms with Gasteiger partial charge in [0.05, 0.1) is 0 Å². The summed E-state index contributed by atoms with van der Waals surface area (Å²) in [4.78, 5) is 4.42. The molecule has 0 saturated carbocycles. The van der Waals surface area contributed by atoms with Gasteiger partial charge in [-0.25, -0.2) is 4.98 Å². The molecule has 0 atom stereocenters. The Bertz CT molecular complexity index is 480. The van der Waals surface area contributed by atoms with Gasteiger partial charge in [0, 0.05) is 29.1 Å². The minimum atomic E-state index is 0.965. The van der Waals surface area contributed by atoms with Crippen LogP contribution < -0.4 is 5.32 Å². The molecule has 0 fully saturated rings. The van der Waals surface area contributed by atoms with Gasteiger partial charge in [-0.3, -0.25) is 0 Å². The average molecular weight is 264 g/mol. The number of hydrogen-bond acceptors (Lipinski definition) is 4. The summed E-state index contributed by atoms with van der Waals surface area (Å²) in [5.74, 6) is 1.04. The van der Waals surface area contributed by atoms with E-state index in [0.29, 0.717) is 0 Å². The van der Waals surface area contributed by atoms with Crippen LogP contribution in [0.15, 0.2) is 34.0 Å². The highest BCUT2D eigenvalue weighted by Gasteiger charge is 1.98. The maximum Gasteiger partial charge on any atom is 0.150 e. The first kappa shape index (κ1) is 12.5. The van der Waals surface area contributed by atoms with Gasteiger partial charge in [-0.1, -0.05) is 23.9 Å². The molecule has 17 heavy (non-hydrogen) atoms. The summed E-state index contributed by atoms with van der Waals surface area (Å²) < 4.78 is 1.16. The second-order valence-corrected chi connectivity index (χ2v) is 6.10. The minimum Gasteiger partial charge on any atom is -0.384 e. The van der Waals surface area contributed by atoms with Crippen molar-refractivity contribution < 1.29 is 0 Å². The van der Waals surface area contributed by atoms with Gasteiger partial charge in [0.25, 0.3) is 0 Å². The largest absolute Gasteiger partial charge is 0.384 e. The van der Waals surface area contributed by atoms with Crippen LogP contribution in [0, 0.1) is 13.8 Å². The Labute approximate surface area is 110 Å². The Morgan fingerprint density at radius 3 is 2.94 bits per heavy atom. The van der Waals surface area contributed by atoms with Crippen molar-refractivity contribution >= 4 is 28.8 Å². The quantitative estimate of drug-likeness (QED) is 0.653. The van der Waals surface area contributed by atoms with E-state index in [4.69, 9.17) is 0 Å². The number of thioether (sulfide) groups is 1. The van der Waals surface area contributed by atoms with E-state index in [9.17, 15) is 0 Å². The number of nitrogens with zero attached hydrogens (tertiary/aromatic N) is 1. The third-order valence-corrected chi connectivity index (χ3v) is 4.41. The highest BCUT2D eigenvalue weighted by molar-refractivity contribution is 8.01. The molecular formula is C13H16N2S2. The number of nitrogens with one attached hydrogen (secondary N) is 1. The Kier molecular flexibility index (Phi) is 4.45. The van der Waals surface area contributed by atoms with Gasteiger partial charge in [0.2, 0.25) is 0 Å². The summed E-state index contributed by atoms with van der Waals surface area (Å²) in [5.41, 5.74) is 3.60. The molecule has 0 bridgehead atoms. The number of thiazole rings is 1. The smallest absolute Gasteiger partial charge is 0.150 e. The number of aromatic nitrogens is 1. The molecule has 0 radical (unpaired) electrons. The van der Waals surface area contributed by atoms with E-state index >= 15 is 0 Å². The normalized spacial score (nSPS) is 10.5. The van der Waals surface area contributed by atoms with E-state index < -0.39 is 0 Å². The summed E-state index contributed by atoms with van der Waals surface area (Å²) in [6.07, 6.45) is 0. The maximum absolute atomic E-state index is 4.42. The molecule has 2 aromatic rings. The Morgan fingerprint density at radius 1 is 1.35 bits per heavy atom. The molecule has 2 nitrogen and oxygen atoms in total. The first-order chi connectivity index (χ1) is 8.24. The van der Waals surface area contributed by atoms with Crippen molar-refractivity contribution in [2.75, 3.05) is 17.6 Å². The van der Waals surface area contributed by atoms with Crippen LogP contribution in [0.1, 0.15) is 11.3 Å². The molecule has 0 spiro atoms. The summed E-state index contributed by atoms with van der Waals surface area (Å²) in [6.45, 7) is 5.11. The fourth-order valence-corrected chi connectivity index (χ4v) is 3.26. The second-order valence-electron chi connectivity index (χ2n) is 3.90. The van der Waals surface area contributed by atoms with Crippen molar-refractivity contribution in [3.63, 3.8) is 0 Å². The van der Waals surface area contributed by atoms with E-state index in [-0.39, 0.29) is 0 Å². The molecule has 1 heterocycles. The lowest BCUT2D eigenvalue weighted by molar-refractivity contribution is 1.15. The molecule has 90 valence electrons. The van der Waals surface area contributed by atoms with Crippen LogP contribution in [0.25, 0.3) is 0 Å². The molecule has 0 saturated heterocycles.